The van der Waals surface area contributed by atoms with Gasteiger partial charge in [-0.25, -0.2) is 9.37 Å². The van der Waals surface area contributed by atoms with Gasteiger partial charge in [0, 0.05) is 69.0 Å². The first-order valence-electron chi connectivity index (χ1n) is 10.1. The Balaban J connectivity index is 1.44. The van der Waals surface area contributed by atoms with Crippen LogP contribution < -0.4 is 0 Å². The van der Waals surface area contributed by atoms with E-state index in [9.17, 15) is 9.50 Å². The number of aromatic nitrogens is 2. The topological polar surface area (TPSA) is 44.5 Å². The fourth-order valence-corrected chi connectivity index (χ4v) is 4.07. The maximum absolute atomic E-state index is 14.1. The number of rotatable bonds is 7. The highest BCUT2D eigenvalue weighted by Gasteiger charge is 2.27. The van der Waals surface area contributed by atoms with Gasteiger partial charge in [0.15, 0.2) is 0 Å². The van der Waals surface area contributed by atoms with Crippen LogP contribution in [-0.4, -0.2) is 56.7 Å². The lowest BCUT2D eigenvalue weighted by Gasteiger charge is -2.41. The first kappa shape index (κ1) is 19.8. The SMILES string of the molecule is OCC[C@H]1CN(Cc2cccn2-c2ccccn2)CCN1Cc1ccccc1F. The van der Waals surface area contributed by atoms with Crippen molar-refractivity contribution >= 4 is 0 Å². The van der Waals surface area contributed by atoms with Crippen molar-refractivity contribution in [3.63, 3.8) is 0 Å². The van der Waals surface area contributed by atoms with Gasteiger partial charge in [0.05, 0.1) is 0 Å². The number of piperazine rings is 1. The quantitative estimate of drug-likeness (QED) is 0.669. The molecule has 1 aliphatic rings. The Kier molecular flexibility index (Phi) is 6.34. The van der Waals surface area contributed by atoms with Crippen LogP contribution in [0.3, 0.4) is 0 Å². The van der Waals surface area contributed by atoms with Crippen LogP contribution in [0.2, 0.25) is 0 Å². The van der Waals surface area contributed by atoms with Gasteiger partial charge in [-0.1, -0.05) is 24.3 Å². The van der Waals surface area contributed by atoms with E-state index in [0.29, 0.717) is 18.5 Å². The van der Waals surface area contributed by atoms with Gasteiger partial charge in [-0.3, -0.25) is 9.80 Å². The van der Waals surface area contributed by atoms with Crippen molar-refractivity contribution in [3.05, 3.63) is 84.1 Å². The summed E-state index contributed by atoms with van der Waals surface area (Å²) in [5.74, 6) is 0.753. The molecule has 2 aromatic heterocycles. The zero-order chi connectivity index (χ0) is 20.1. The third-order valence-corrected chi connectivity index (χ3v) is 5.60. The summed E-state index contributed by atoms with van der Waals surface area (Å²) in [6, 6.07) is 17.2. The lowest BCUT2D eigenvalue weighted by atomic mass is 10.1. The van der Waals surface area contributed by atoms with E-state index in [1.54, 1.807) is 12.3 Å². The van der Waals surface area contributed by atoms with Gasteiger partial charge in [-0.15, -0.1) is 0 Å². The molecule has 0 bridgehead atoms. The fourth-order valence-electron chi connectivity index (χ4n) is 4.07. The molecule has 1 aliphatic heterocycles. The minimum atomic E-state index is -0.161. The van der Waals surface area contributed by atoms with Crippen LogP contribution in [-0.2, 0) is 13.1 Å². The minimum absolute atomic E-state index is 0.136. The van der Waals surface area contributed by atoms with Crippen LogP contribution in [0, 0.1) is 5.82 Å². The van der Waals surface area contributed by atoms with E-state index in [1.807, 2.05) is 42.6 Å². The Labute approximate surface area is 171 Å². The molecule has 3 aromatic rings. The summed E-state index contributed by atoms with van der Waals surface area (Å²) in [5, 5.41) is 9.56. The van der Waals surface area contributed by atoms with Crippen LogP contribution in [0.1, 0.15) is 17.7 Å². The zero-order valence-corrected chi connectivity index (χ0v) is 16.5. The van der Waals surface area contributed by atoms with E-state index in [1.165, 1.54) is 11.8 Å². The predicted octanol–water partition coefficient (Wildman–Crippen LogP) is 3.08. The number of hydrogen-bond donors (Lipinski definition) is 1. The fraction of sp³-hybridized carbons (Fsp3) is 0.348. The van der Waals surface area contributed by atoms with Gasteiger partial charge in [0.2, 0.25) is 0 Å². The molecular formula is C23H27FN4O. The highest BCUT2D eigenvalue weighted by atomic mass is 19.1. The summed E-state index contributed by atoms with van der Waals surface area (Å²) in [6.07, 6.45) is 4.53. The highest BCUT2D eigenvalue weighted by Crippen LogP contribution is 2.20. The molecule has 1 fully saturated rings. The second kappa shape index (κ2) is 9.31. The zero-order valence-electron chi connectivity index (χ0n) is 16.5. The third-order valence-electron chi connectivity index (χ3n) is 5.60. The van der Waals surface area contributed by atoms with Crippen LogP contribution >= 0.6 is 0 Å². The molecule has 1 saturated heterocycles. The lowest BCUT2D eigenvalue weighted by Crippen LogP contribution is -2.52. The summed E-state index contributed by atoms with van der Waals surface area (Å²) in [4.78, 5) is 9.16. The maximum Gasteiger partial charge on any atom is 0.136 e. The summed E-state index contributed by atoms with van der Waals surface area (Å²) in [5.41, 5.74) is 1.90. The largest absolute Gasteiger partial charge is 0.396 e. The van der Waals surface area contributed by atoms with Crippen molar-refractivity contribution < 1.29 is 9.50 Å². The monoisotopic (exact) mass is 394 g/mol. The van der Waals surface area contributed by atoms with Gasteiger partial charge >= 0.3 is 0 Å². The predicted molar refractivity (Wildman–Crippen MR) is 111 cm³/mol. The highest BCUT2D eigenvalue weighted by molar-refractivity contribution is 5.27. The first-order chi connectivity index (χ1) is 14.2. The smallest absolute Gasteiger partial charge is 0.136 e. The van der Waals surface area contributed by atoms with Gasteiger partial charge in [-0.2, -0.15) is 0 Å². The van der Waals surface area contributed by atoms with E-state index in [2.05, 4.69) is 25.4 Å². The average Bonchev–Trinajstić information content (AvgIpc) is 3.20. The maximum atomic E-state index is 14.1. The second-order valence-electron chi connectivity index (χ2n) is 7.52. The molecule has 1 aromatic carbocycles. The Hall–Kier alpha value is -2.54. The Morgan fingerprint density at radius 1 is 1.00 bits per heavy atom. The normalized spacial score (nSPS) is 18.2. The van der Waals surface area contributed by atoms with Gasteiger partial charge in [0.1, 0.15) is 11.6 Å². The first-order valence-corrected chi connectivity index (χ1v) is 10.1. The van der Waals surface area contributed by atoms with Crippen molar-refractivity contribution in [2.45, 2.75) is 25.6 Å². The Morgan fingerprint density at radius 2 is 1.86 bits per heavy atom. The van der Waals surface area contributed by atoms with Gasteiger partial charge < -0.3 is 9.67 Å². The molecule has 5 nitrogen and oxygen atoms in total. The van der Waals surface area contributed by atoms with E-state index in [4.69, 9.17) is 0 Å². The summed E-state index contributed by atoms with van der Waals surface area (Å²) < 4.78 is 16.2. The van der Waals surface area contributed by atoms with Crippen LogP contribution in [0.4, 0.5) is 4.39 Å². The molecular weight excluding hydrogens is 367 g/mol. The lowest BCUT2D eigenvalue weighted by molar-refractivity contribution is 0.0485. The second-order valence-corrected chi connectivity index (χ2v) is 7.52. The van der Waals surface area contributed by atoms with Crippen molar-refractivity contribution in [2.24, 2.45) is 0 Å². The molecule has 0 aliphatic carbocycles. The summed E-state index contributed by atoms with van der Waals surface area (Å²) in [6.45, 7) is 4.14. The van der Waals surface area contributed by atoms with Crippen LogP contribution in [0.5, 0.6) is 0 Å². The molecule has 4 rings (SSSR count). The van der Waals surface area contributed by atoms with E-state index >= 15 is 0 Å². The van der Waals surface area contributed by atoms with Crippen molar-refractivity contribution in [3.8, 4) is 5.82 Å². The standard InChI is InChI=1S/C23H27FN4O/c24-22-8-2-1-6-19(22)16-27-14-13-26(17-20(27)10-15-29)18-21-7-5-12-28(21)23-9-3-4-11-25-23/h1-9,11-12,20,29H,10,13-18H2/t20-/m0/s1. The van der Waals surface area contributed by atoms with Gasteiger partial charge in [-0.05, 0) is 36.8 Å². The van der Waals surface area contributed by atoms with E-state index < -0.39 is 0 Å². The molecule has 6 heteroatoms. The van der Waals surface area contributed by atoms with Gasteiger partial charge in [0.25, 0.3) is 0 Å². The molecule has 152 valence electrons. The number of halogens is 1. The molecule has 1 N–H and O–H groups in total. The average molecular weight is 394 g/mol. The number of nitrogens with zero attached hydrogens (tertiary/aromatic N) is 4. The Bertz CT molecular complexity index is 914. The van der Waals surface area contributed by atoms with Crippen LogP contribution in [0.25, 0.3) is 5.82 Å². The number of aliphatic hydroxyl groups excluding tert-OH is 1. The molecule has 29 heavy (non-hydrogen) atoms. The van der Waals surface area contributed by atoms with Crippen LogP contribution in [0.15, 0.2) is 67.0 Å². The minimum Gasteiger partial charge on any atom is -0.396 e. The number of aliphatic hydroxyl groups is 1. The summed E-state index contributed by atoms with van der Waals surface area (Å²) in [7, 11) is 0. The third kappa shape index (κ3) is 4.72. The molecule has 0 spiro atoms. The summed E-state index contributed by atoms with van der Waals surface area (Å²) >= 11 is 0. The van der Waals surface area contributed by atoms with Crippen molar-refractivity contribution in [1.29, 1.82) is 0 Å². The van der Waals surface area contributed by atoms with Crippen molar-refractivity contribution in [1.82, 2.24) is 19.4 Å². The van der Waals surface area contributed by atoms with E-state index in [-0.39, 0.29) is 18.5 Å². The molecule has 0 saturated carbocycles. The molecule has 0 unspecified atom stereocenters. The van der Waals surface area contributed by atoms with E-state index in [0.717, 1.165) is 32.0 Å². The molecule has 0 radical (unpaired) electrons. The molecule has 0 amide bonds. The number of hydrogen-bond acceptors (Lipinski definition) is 4. The van der Waals surface area contributed by atoms with Crippen molar-refractivity contribution in [2.75, 3.05) is 26.2 Å². The number of benzene rings is 1. The number of pyridine rings is 1. The molecule has 3 heterocycles. The molecule has 1 atom stereocenters. The Morgan fingerprint density at radius 3 is 2.66 bits per heavy atom.